The van der Waals surface area contributed by atoms with E-state index < -0.39 is 5.41 Å². The van der Waals surface area contributed by atoms with Gasteiger partial charge in [0.25, 0.3) is 0 Å². The molecule has 0 saturated carbocycles. The predicted octanol–water partition coefficient (Wildman–Crippen LogP) is 2.80. The maximum Gasteiger partial charge on any atom is 0.186 e. The number of hydrogen-bond acceptors (Lipinski definition) is 2. The van der Waals surface area contributed by atoms with Crippen molar-refractivity contribution in [1.82, 2.24) is 5.32 Å². The topological polar surface area (TPSA) is 29.1 Å². The first kappa shape index (κ1) is 13.1. The van der Waals surface area contributed by atoms with E-state index in [4.69, 9.17) is 0 Å². The van der Waals surface area contributed by atoms with Gasteiger partial charge < -0.3 is 5.32 Å². The van der Waals surface area contributed by atoms with Crippen molar-refractivity contribution in [3.63, 3.8) is 0 Å². The van der Waals surface area contributed by atoms with Gasteiger partial charge >= 0.3 is 0 Å². The number of carbonyl (C=O) groups is 1. The van der Waals surface area contributed by atoms with Gasteiger partial charge in [0.2, 0.25) is 0 Å². The van der Waals surface area contributed by atoms with Gasteiger partial charge in [0.1, 0.15) is 12.0 Å². The largest absolute Gasteiger partial charge is 0.376 e. The number of nitrogens with one attached hydrogen (secondary N) is 1. The first-order valence-electron chi connectivity index (χ1n) is 4.71. The van der Waals surface area contributed by atoms with Gasteiger partial charge in [0.15, 0.2) is 5.78 Å². The van der Waals surface area contributed by atoms with Crippen LogP contribution in [0.2, 0.25) is 0 Å². The van der Waals surface area contributed by atoms with Gasteiger partial charge in [0, 0.05) is 11.0 Å². The van der Waals surface area contributed by atoms with Gasteiger partial charge in [-0.3, -0.25) is 4.79 Å². The molecule has 0 aromatic carbocycles. The van der Waals surface area contributed by atoms with E-state index in [0.717, 1.165) is 0 Å². The first-order valence-corrected chi connectivity index (χ1v) is 4.71. The molecule has 0 aromatic heterocycles. The highest BCUT2D eigenvalue weighted by Gasteiger charge is 2.27. The Morgan fingerprint density at radius 3 is 1.79 bits per heavy atom. The number of allylic oxidation sites excluding steroid dienone is 1. The van der Waals surface area contributed by atoms with Crippen LogP contribution in [-0.4, -0.2) is 11.3 Å². The fourth-order valence-corrected chi connectivity index (χ4v) is 0.942. The highest BCUT2D eigenvalue weighted by Crippen LogP contribution is 2.20. The Bertz CT molecular complexity index is 243. The van der Waals surface area contributed by atoms with E-state index >= 15 is 0 Å². The molecule has 1 N–H and O–H groups in total. The molecular formula is C11H20FNO. The summed E-state index contributed by atoms with van der Waals surface area (Å²) in [5, 5.41) is 2.85. The fourth-order valence-electron chi connectivity index (χ4n) is 0.942. The van der Waals surface area contributed by atoms with Gasteiger partial charge in [-0.25, -0.2) is 4.39 Å². The molecule has 0 aliphatic heterocycles. The average molecular weight is 201 g/mol. The molecule has 0 spiro atoms. The highest BCUT2D eigenvalue weighted by atomic mass is 19.1. The molecule has 0 rings (SSSR count). The van der Waals surface area contributed by atoms with Crippen LogP contribution < -0.4 is 5.32 Å². The number of rotatable bonds is 2. The van der Waals surface area contributed by atoms with Crippen molar-refractivity contribution in [2.75, 3.05) is 0 Å². The zero-order valence-corrected chi connectivity index (χ0v) is 9.86. The molecule has 0 amide bonds. The van der Waals surface area contributed by atoms with Gasteiger partial charge in [0.05, 0.1) is 0 Å². The van der Waals surface area contributed by atoms with E-state index in [2.05, 4.69) is 5.32 Å². The Balaban J connectivity index is 4.71. The minimum absolute atomic E-state index is 0.0463. The van der Waals surface area contributed by atoms with Crippen LogP contribution in [0.25, 0.3) is 0 Å². The van der Waals surface area contributed by atoms with Crippen LogP contribution in [0.3, 0.4) is 0 Å². The number of ketones is 1. The minimum Gasteiger partial charge on any atom is -0.376 e. The van der Waals surface area contributed by atoms with Crippen molar-refractivity contribution in [3.8, 4) is 0 Å². The number of carbonyl (C=O) groups excluding carboxylic acids is 1. The molecule has 2 nitrogen and oxygen atoms in total. The molecular weight excluding hydrogens is 181 g/mol. The molecule has 0 heterocycles. The summed E-state index contributed by atoms with van der Waals surface area (Å²) in [7, 11) is 0. The minimum atomic E-state index is -0.559. The summed E-state index contributed by atoms with van der Waals surface area (Å²) in [5.74, 6) is -0.213. The smallest absolute Gasteiger partial charge is 0.186 e. The Labute approximate surface area is 85.6 Å². The number of hydrogen-bond donors (Lipinski definition) is 1. The first-order chi connectivity index (χ1) is 6.08. The van der Waals surface area contributed by atoms with E-state index in [-0.39, 0.29) is 17.0 Å². The molecule has 0 saturated heterocycles. The second kappa shape index (κ2) is 4.11. The van der Waals surface area contributed by atoms with E-state index in [9.17, 15) is 9.18 Å². The molecule has 0 atom stereocenters. The van der Waals surface area contributed by atoms with E-state index in [0.29, 0.717) is 6.33 Å². The zero-order chi connectivity index (χ0) is 11.6. The van der Waals surface area contributed by atoms with Crippen LogP contribution in [0.15, 0.2) is 12.0 Å². The zero-order valence-electron chi connectivity index (χ0n) is 9.86. The predicted molar refractivity (Wildman–Crippen MR) is 56.5 cm³/mol. The molecule has 14 heavy (non-hydrogen) atoms. The third-order valence-electron chi connectivity index (χ3n) is 1.54. The highest BCUT2D eigenvalue weighted by molar-refractivity contribution is 5.98. The van der Waals surface area contributed by atoms with Crippen molar-refractivity contribution >= 4 is 5.78 Å². The molecule has 0 aromatic rings. The van der Waals surface area contributed by atoms with Crippen LogP contribution in [-0.2, 0) is 4.79 Å². The van der Waals surface area contributed by atoms with Crippen molar-refractivity contribution in [2.45, 2.75) is 47.1 Å². The summed E-state index contributed by atoms with van der Waals surface area (Å²) < 4.78 is 12.5. The summed E-state index contributed by atoms with van der Waals surface area (Å²) >= 11 is 0. The summed E-state index contributed by atoms with van der Waals surface area (Å²) in [6.07, 6.45) is 0.346. The van der Waals surface area contributed by atoms with Gasteiger partial charge in [-0.05, 0) is 20.8 Å². The Hall–Kier alpha value is -0.860. The lowest BCUT2D eigenvalue weighted by Gasteiger charge is -2.26. The SMILES string of the molecule is CC(C)(C)N/C(=C/F)C(=O)C(C)(C)C. The maximum atomic E-state index is 12.5. The van der Waals surface area contributed by atoms with E-state index in [1.165, 1.54) is 0 Å². The van der Waals surface area contributed by atoms with Crippen LogP contribution >= 0.6 is 0 Å². The summed E-state index contributed by atoms with van der Waals surface area (Å²) in [6, 6.07) is 0. The number of halogens is 1. The van der Waals surface area contributed by atoms with Crippen molar-refractivity contribution in [3.05, 3.63) is 12.0 Å². The van der Waals surface area contributed by atoms with Crippen LogP contribution in [0, 0.1) is 5.41 Å². The Morgan fingerprint density at radius 2 is 1.57 bits per heavy atom. The Kier molecular flexibility index (Phi) is 3.86. The second-order valence-electron chi connectivity index (χ2n) is 5.48. The van der Waals surface area contributed by atoms with E-state index in [1.54, 1.807) is 20.8 Å². The standard InChI is InChI=1S/C11H20FNO/c1-10(2,3)9(14)8(7-12)13-11(4,5)6/h7,13H,1-6H3/b8-7+. The quantitative estimate of drug-likeness (QED) is 0.696. The third kappa shape index (κ3) is 4.40. The monoisotopic (exact) mass is 201 g/mol. The fraction of sp³-hybridized carbons (Fsp3) is 0.727. The average Bonchev–Trinajstić information content (AvgIpc) is 1.95. The van der Waals surface area contributed by atoms with Gasteiger partial charge in [-0.2, -0.15) is 0 Å². The van der Waals surface area contributed by atoms with Crippen LogP contribution in [0.4, 0.5) is 4.39 Å². The molecule has 3 heteroatoms. The molecule has 0 aliphatic rings. The number of Topliss-reactive ketones (excluding diaryl/α,β-unsaturated/α-hetero) is 1. The molecule has 0 radical (unpaired) electrons. The summed E-state index contributed by atoms with van der Waals surface area (Å²) in [5.41, 5.74) is -0.820. The summed E-state index contributed by atoms with van der Waals surface area (Å²) in [4.78, 5) is 11.7. The lowest BCUT2D eigenvalue weighted by Crippen LogP contribution is -2.40. The third-order valence-corrected chi connectivity index (χ3v) is 1.54. The lowest BCUT2D eigenvalue weighted by molar-refractivity contribution is -0.123. The van der Waals surface area contributed by atoms with Crippen LogP contribution in [0.1, 0.15) is 41.5 Å². The molecule has 82 valence electrons. The normalized spacial score (nSPS) is 14.1. The van der Waals surface area contributed by atoms with Crippen molar-refractivity contribution in [1.29, 1.82) is 0 Å². The second-order valence-corrected chi connectivity index (χ2v) is 5.48. The summed E-state index contributed by atoms with van der Waals surface area (Å²) in [6.45, 7) is 10.9. The molecule has 0 unspecified atom stereocenters. The van der Waals surface area contributed by atoms with Crippen molar-refractivity contribution < 1.29 is 9.18 Å². The molecule has 0 aliphatic carbocycles. The Morgan fingerprint density at radius 1 is 1.14 bits per heavy atom. The van der Waals surface area contributed by atoms with Crippen LogP contribution in [0.5, 0.6) is 0 Å². The van der Waals surface area contributed by atoms with Gasteiger partial charge in [-0.1, -0.05) is 20.8 Å². The molecule has 0 bridgehead atoms. The maximum absolute atomic E-state index is 12.5. The molecule has 0 fully saturated rings. The van der Waals surface area contributed by atoms with Gasteiger partial charge in [-0.15, -0.1) is 0 Å². The van der Waals surface area contributed by atoms with E-state index in [1.807, 2.05) is 20.8 Å². The lowest BCUT2D eigenvalue weighted by atomic mass is 9.88. The van der Waals surface area contributed by atoms with Crippen molar-refractivity contribution in [2.24, 2.45) is 5.41 Å².